The van der Waals surface area contributed by atoms with Crippen molar-refractivity contribution in [2.45, 2.75) is 91.0 Å². The van der Waals surface area contributed by atoms with E-state index in [0.29, 0.717) is 10.8 Å². The third kappa shape index (κ3) is 5.87. The molecule has 5 nitrogen and oxygen atoms in total. The van der Waals surface area contributed by atoms with Gasteiger partial charge in [0, 0.05) is 36.5 Å². The van der Waals surface area contributed by atoms with E-state index in [1.165, 1.54) is 55.4 Å². The molecular weight excluding hydrogens is 444 g/mol. The van der Waals surface area contributed by atoms with Crippen molar-refractivity contribution in [1.82, 2.24) is 4.90 Å². The summed E-state index contributed by atoms with van der Waals surface area (Å²) in [5.41, 5.74) is 2.25. The third-order valence-corrected chi connectivity index (χ3v) is 9.31. The van der Waals surface area contributed by atoms with Crippen LogP contribution in [0, 0.1) is 17.8 Å². The zero-order valence-electron chi connectivity index (χ0n) is 21.2. The van der Waals surface area contributed by atoms with Gasteiger partial charge in [0.15, 0.2) is 0 Å². The second-order valence-corrected chi connectivity index (χ2v) is 12.1. The number of likely N-dealkylation sites (tertiary alicyclic amines) is 1. The number of hydrogen-bond donors (Lipinski definition) is 1. The summed E-state index contributed by atoms with van der Waals surface area (Å²) in [6.07, 6.45) is 13.7. The molecule has 0 atom stereocenters. The zero-order chi connectivity index (χ0) is 24.2. The van der Waals surface area contributed by atoms with Gasteiger partial charge in [0.1, 0.15) is 4.88 Å². The molecule has 3 aliphatic rings. The van der Waals surface area contributed by atoms with Crippen LogP contribution < -0.4 is 4.90 Å². The van der Waals surface area contributed by atoms with Gasteiger partial charge in [0.2, 0.25) is 5.91 Å². The summed E-state index contributed by atoms with van der Waals surface area (Å²) in [6.45, 7) is 8.76. The second kappa shape index (κ2) is 11.3. The molecular formula is C28H42N2O3S. The molecule has 2 fully saturated rings. The SMILES string of the molecule is CC1CCC(CN(c2cc(C3=CCCCC3)sc2C(=O)O)C2CCN(C(=O)C(C)C)CC2)CC1. The summed E-state index contributed by atoms with van der Waals surface area (Å²) < 4.78 is 0. The van der Waals surface area contributed by atoms with Crippen LogP contribution in [0.1, 0.15) is 99.5 Å². The number of piperidine rings is 1. The van der Waals surface area contributed by atoms with Crippen molar-refractivity contribution in [3.8, 4) is 0 Å². The van der Waals surface area contributed by atoms with Crippen molar-refractivity contribution in [2.24, 2.45) is 17.8 Å². The standard InChI is InChI=1S/C28H42N2O3S/c1-19(2)27(31)29-15-13-23(14-16-29)30(18-21-11-9-20(3)10-12-21)24-17-25(34-26(24)28(32)33)22-7-5-4-6-8-22/h7,17,19-21,23H,4-6,8-16,18H2,1-3H3,(H,32,33). The lowest BCUT2D eigenvalue weighted by Crippen LogP contribution is -2.49. The first-order valence-corrected chi connectivity index (χ1v) is 14.3. The maximum Gasteiger partial charge on any atom is 0.348 e. The molecule has 2 aliphatic carbocycles. The molecule has 2 heterocycles. The summed E-state index contributed by atoms with van der Waals surface area (Å²) >= 11 is 1.46. The van der Waals surface area contributed by atoms with E-state index in [-0.39, 0.29) is 17.9 Å². The average molecular weight is 487 g/mol. The van der Waals surface area contributed by atoms with E-state index >= 15 is 0 Å². The van der Waals surface area contributed by atoms with Crippen molar-refractivity contribution in [2.75, 3.05) is 24.5 Å². The third-order valence-electron chi connectivity index (χ3n) is 8.12. The predicted octanol–water partition coefficient (Wildman–Crippen LogP) is 6.68. The minimum absolute atomic E-state index is 0.0266. The molecule has 6 heteroatoms. The van der Waals surface area contributed by atoms with Crippen molar-refractivity contribution >= 4 is 34.5 Å². The monoisotopic (exact) mass is 486 g/mol. The molecule has 4 rings (SSSR count). The molecule has 0 radical (unpaired) electrons. The average Bonchev–Trinajstić information content (AvgIpc) is 3.29. The number of anilines is 1. The Morgan fingerprint density at radius 2 is 1.82 bits per heavy atom. The van der Waals surface area contributed by atoms with Crippen molar-refractivity contribution < 1.29 is 14.7 Å². The molecule has 1 N–H and O–H groups in total. The maximum absolute atomic E-state index is 12.5. The van der Waals surface area contributed by atoms with Crippen LogP contribution in [0.3, 0.4) is 0 Å². The van der Waals surface area contributed by atoms with Gasteiger partial charge in [0.05, 0.1) is 5.69 Å². The van der Waals surface area contributed by atoms with Gasteiger partial charge in [-0.25, -0.2) is 4.79 Å². The second-order valence-electron chi connectivity index (χ2n) is 11.1. The van der Waals surface area contributed by atoms with Gasteiger partial charge >= 0.3 is 5.97 Å². The van der Waals surface area contributed by atoms with Gasteiger partial charge in [-0.05, 0) is 74.8 Å². The number of allylic oxidation sites excluding steroid dienone is 2. The van der Waals surface area contributed by atoms with Crippen LogP contribution in [0.5, 0.6) is 0 Å². The molecule has 0 unspecified atom stereocenters. The smallest absolute Gasteiger partial charge is 0.348 e. The molecule has 0 spiro atoms. The highest BCUT2D eigenvalue weighted by molar-refractivity contribution is 7.15. The van der Waals surface area contributed by atoms with Crippen molar-refractivity contribution in [3.05, 3.63) is 21.9 Å². The number of amides is 1. The Labute approximate surface area is 209 Å². The largest absolute Gasteiger partial charge is 0.477 e. The quantitative estimate of drug-likeness (QED) is 0.467. The molecule has 0 bridgehead atoms. The Balaban J connectivity index is 1.60. The van der Waals surface area contributed by atoms with E-state index in [9.17, 15) is 14.7 Å². The number of thiophene rings is 1. The van der Waals surface area contributed by atoms with E-state index in [0.717, 1.165) is 61.8 Å². The highest BCUT2D eigenvalue weighted by atomic mass is 32.1. The molecule has 34 heavy (non-hydrogen) atoms. The summed E-state index contributed by atoms with van der Waals surface area (Å²) in [5.74, 6) is 0.872. The number of aromatic carboxylic acids is 1. The number of carbonyl (C=O) groups excluding carboxylic acids is 1. The van der Waals surface area contributed by atoms with Gasteiger partial charge in [-0.1, -0.05) is 39.7 Å². The molecule has 1 amide bonds. The lowest BCUT2D eigenvalue weighted by atomic mass is 9.82. The first-order chi connectivity index (χ1) is 16.3. The number of carboxylic acids is 1. The molecule has 1 aliphatic heterocycles. The number of hydrogen-bond acceptors (Lipinski definition) is 4. The van der Waals surface area contributed by atoms with Crippen LogP contribution in [0.25, 0.3) is 5.57 Å². The van der Waals surface area contributed by atoms with Gasteiger partial charge in [-0.15, -0.1) is 11.3 Å². The van der Waals surface area contributed by atoms with Crippen LogP contribution in [0.15, 0.2) is 12.1 Å². The van der Waals surface area contributed by atoms with Gasteiger partial charge in [-0.3, -0.25) is 4.79 Å². The molecule has 188 valence electrons. The summed E-state index contributed by atoms with van der Waals surface area (Å²) in [4.78, 5) is 31.0. The van der Waals surface area contributed by atoms with Crippen molar-refractivity contribution in [1.29, 1.82) is 0 Å². The molecule has 1 aromatic heterocycles. The van der Waals surface area contributed by atoms with Crippen LogP contribution in [0.2, 0.25) is 0 Å². The Hall–Kier alpha value is -1.82. The van der Waals surface area contributed by atoms with E-state index in [4.69, 9.17) is 0 Å². The Kier molecular flexibility index (Phi) is 8.39. The Morgan fingerprint density at radius 1 is 1.12 bits per heavy atom. The first kappa shape index (κ1) is 25.3. The lowest BCUT2D eigenvalue weighted by Gasteiger charge is -2.42. The molecule has 1 saturated carbocycles. The van der Waals surface area contributed by atoms with Gasteiger partial charge in [-0.2, -0.15) is 0 Å². The van der Waals surface area contributed by atoms with Crippen LogP contribution in [0.4, 0.5) is 5.69 Å². The predicted molar refractivity (Wildman–Crippen MR) is 141 cm³/mol. The number of nitrogens with zero attached hydrogens (tertiary/aromatic N) is 2. The van der Waals surface area contributed by atoms with Gasteiger partial charge < -0.3 is 14.9 Å². The zero-order valence-corrected chi connectivity index (χ0v) is 22.0. The molecule has 0 aromatic carbocycles. The fourth-order valence-electron chi connectivity index (χ4n) is 5.97. The Bertz CT molecular complexity index is 889. The lowest BCUT2D eigenvalue weighted by molar-refractivity contribution is -0.135. The Morgan fingerprint density at radius 3 is 2.41 bits per heavy atom. The summed E-state index contributed by atoms with van der Waals surface area (Å²) in [7, 11) is 0. The summed E-state index contributed by atoms with van der Waals surface area (Å²) in [6, 6.07) is 2.47. The number of carboxylic acid groups (broad SMARTS) is 1. The van der Waals surface area contributed by atoms with Crippen LogP contribution >= 0.6 is 11.3 Å². The minimum Gasteiger partial charge on any atom is -0.477 e. The van der Waals surface area contributed by atoms with Gasteiger partial charge in [0.25, 0.3) is 0 Å². The highest BCUT2D eigenvalue weighted by Gasteiger charge is 2.33. The van der Waals surface area contributed by atoms with E-state index < -0.39 is 5.97 Å². The number of rotatable bonds is 7. The topological polar surface area (TPSA) is 60.9 Å². The van der Waals surface area contributed by atoms with Crippen LogP contribution in [-0.2, 0) is 4.79 Å². The van der Waals surface area contributed by atoms with E-state index in [1.807, 2.05) is 18.7 Å². The van der Waals surface area contributed by atoms with Crippen molar-refractivity contribution in [3.63, 3.8) is 0 Å². The fraction of sp³-hybridized carbons (Fsp3) is 0.714. The summed E-state index contributed by atoms with van der Waals surface area (Å²) in [5, 5.41) is 10.2. The first-order valence-electron chi connectivity index (χ1n) is 13.5. The number of carbonyl (C=O) groups is 2. The van der Waals surface area contributed by atoms with E-state index in [1.54, 1.807) is 0 Å². The van der Waals surface area contributed by atoms with E-state index in [2.05, 4.69) is 24.0 Å². The fourth-order valence-corrected chi connectivity index (χ4v) is 7.04. The highest BCUT2D eigenvalue weighted by Crippen LogP contribution is 2.41. The maximum atomic E-state index is 12.5. The minimum atomic E-state index is -0.808. The van der Waals surface area contributed by atoms with Crippen LogP contribution in [-0.4, -0.2) is 47.6 Å². The molecule has 1 aromatic rings. The normalized spacial score (nSPS) is 24.2. The molecule has 1 saturated heterocycles.